The van der Waals surface area contributed by atoms with Crippen molar-refractivity contribution in [3.8, 4) is 0 Å². The molecule has 128 valence electrons. The van der Waals surface area contributed by atoms with Crippen LogP contribution in [0.3, 0.4) is 0 Å². The third-order valence-electron chi connectivity index (χ3n) is 4.53. The van der Waals surface area contributed by atoms with Gasteiger partial charge >= 0.3 is 5.69 Å². The highest BCUT2D eigenvalue weighted by molar-refractivity contribution is 5.98. The number of aromatic nitrogens is 2. The third-order valence-corrected chi connectivity index (χ3v) is 4.53. The maximum atomic E-state index is 12.3. The first-order valence-corrected chi connectivity index (χ1v) is 8.44. The maximum Gasteiger partial charge on any atom is 0.327 e. The predicted octanol–water partition coefficient (Wildman–Crippen LogP) is 2.25. The van der Waals surface area contributed by atoms with Crippen molar-refractivity contribution in [2.45, 2.75) is 32.9 Å². The Kier molecular flexibility index (Phi) is 4.85. The van der Waals surface area contributed by atoms with E-state index in [0.29, 0.717) is 23.8 Å². The molecule has 0 spiro atoms. The number of aromatic amines is 1. The second-order valence-electron chi connectivity index (χ2n) is 6.42. The van der Waals surface area contributed by atoms with E-state index in [1.165, 1.54) is 31.5 Å². The van der Waals surface area contributed by atoms with Crippen LogP contribution < -0.4 is 11.0 Å². The van der Waals surface area contributed by atoms with Gasteiger partial charge in [0.1, 0.15) is 11.5 Å². The van der Waals surface area contributed by atoms with Gasteiger partial charge in [-0.1, -0.05) is 24.3 Å². The summed E-state index contributed by atoms with van der Waals surface area (Å²) in [5.74, 6) is 0.664. The average molecular weight is 327 g/mol. The molecule has 1 aromatic carbocycles. The van der Waals surface area contributed by atoms with Gasteiger partial charge < -0.3 is 15.7 Å². The molecule has 1 aliphatic rings. The quantitative estimate of drug-likeness (QED) is 0.712. The van der Waals surface area contributed by atoms with Crippen LogP contribution >= 0.6 is 0 Å². The molecular formula is C18H25N5O. The summed E-state index contributed by atoms with van der Waals surface area (Å²) in [6, 6.07) is 8.42. The Morgan fingerprint density at radius 2 is 1.92 bits per heavy atom. The molecule has 6 nitrogen and oxygen atoms in total. The zero-order valence-electron chi connectivity index (χ0n) is 14.4. The van der Waals surface area contributed by atoms with Gasteiger partial charge in [0.05, 0.1) is 12.3 Å². The lowest BCUT2D eigenvalue weighted by molar-refractivity contribution is 0.331. The molecule has 1 aliphatic heterocycles. The van der Waals surface area contributed by atoms with Crippen LogP contribution in [0.5, 0.6) is 0 Å². The minimum absolute atomic E-state index is 0.189. The van der Waals surface area contributed by atoms with Crippen LogP contribution in [0.25, 0.3) is 0 Å². The Labute approximate surface area is 142 Å². The molecule has 0 amide bonds. The first-order valence-electron chi connectivity index (χ1n) is 8.44. The summed E-state index contributed by atoms with van der Waals surface area (Å²) in [5, 5.41) is 10.8. The highest BCUT2D eigenvalue weighted by Gasteiger charge is 2.15. The Bertz CT molecular complexity index is 783. The topological polar surface area (TPSA) is 76.9 Å². The smallest absolute Gasteiger partial charge is 0.327 e. The molecule has 3 rings (SSSR count). The van der Waals surface area contributed by atoms with Crippen molar-refractivity contribution in [2.75, 3.05) is 25.5 Å². The lowest BCUT2D eigenvalue weighted by Crippen LogP contribution is -2.20. The molecule has 0 bridgehead atoms. The van der Waals surface area contributed by atoms with Gasteiger partial charge in [0.2, 0.25) is 0 Å². The number of nitrogens with zero attached hydrogens (tertiary/aromatic N) is 2. The van der Waals surface area contributed by atoms with Gasteiger partial charge in [0.15, 0.2) is 0 Å². The predicted molar refractivity (Wildman–Crippen MR) is 97.2 cm³/mol. The van der Waals surface area contributed by atoms with Gasteiger partial charge in [0, 0.05) is 13.6 Å². The van der Waals surface area contributed by atoms with Gasteiger partial charge in [-0.2, -0.15) is 0 Å². The zero-order valence-corrected chi connectivity index (χ0v) is 14.4. The number of rotatable bonds is 6. The van der Waals surface area contributed by atoms with E-state index < -0.39 is 0 Å². The lowest BCUT2D eigenvalue weighted by Gasteiger charge is -2.15. The fourth-order valence-electron chi connectivity index (χ4n) is 3.36. The molecule has 6 heteroatoms. The van der Waals surface area contributed by atoms with Crippen molar-refractivity contribution in [2.24, 2.45) is 0 Å². The largest absolute Gasteiger partial charge is 0.373 e. The minimum Gasteiger partial charge on any atom is -0.373 e. The fraction of sp³-hybridized carbons (Fsp3) is 0.444. The Hall–Kier alpha value is -2.34. The molecule has 24 heavy (non-hydrogen) atoms. The van der Waals surface area contributed by atoms with Crippen molar-refractivity contribution in [1.29, 1.82) is 5.41 Å². The van der Waals surface area contributed by atoms with Crippen LogP contribution in [0, 0.1) is 5.41 Å². The van der Waals surface area contributed by atoms with Crippen molar-refractivity contribution < 1.29 is 0 Å². The standard InChI is InChI=1S/C18H25N5O/c1-13(19)16-17(20-2)23(18(24)21-16)12-15-7-5-6-14(10-15)11-22-8-3-4-9-22/h5-7,10,19-20H,3-4,8-9,11-12H2,1-2H3,(H,21,24). The maximum absolute atomic E-state index is 12.3. The Morgan fingerprint density at radius 3 is 2.54 bits per heavy atom. The number of H-pyrrole nitrogens is 1. The zero-order chi connectivity index (χ0) is 17.1. The highest BCUT2D eigenvalue weighted by atomic mass is 16.1. The summed E-state index contributed by atoms with van der Waals surface area (Å²) < 4.78 is 1.66. The van der Waals surface area contributed by atoms with Gasteiger partial charge in [0.25, 0.3) is 0 Å². The van der Waals surface area contributed by atoms with E-state index >= 15 is 0 Å². The normalized spacial score (nSPS) is 14.9. The molecule has 2 aromatic rings. The second kappa shape index (κ2) is 7.05. The summed E-state index contributed by atoms with van der Waals surface area (Å²) in [6.45, 7) is 5.49. The third kappa shape index (κ3) is 3.43. The number of benzene rings is 1. The van der Waals surface area contributed by atoms with Crippen LogP contribution in [0.2, 0.25) is 0 Å². The van der Waals surface area contributed by atoms with E-state index in [1.54, 1.807) is 18.5 Å². The number of likely N-dealkylation sites (tertiary alicyclic amines) is 1. The summed E-state index contributed by atoms with van der Waals surface area (Å²) in [6.07, 6.45) is 2.57. The van der Waals surface area contributed by atoms with E-state index in [0.717, 1.165) is 12.1 Å². The molecule has 0 unspecified atom stereocenters. The van der Waals surface area contributed by atoms with Crippen LogP contribution in [0.1, 0.15) is 36.6 Å². The van der Waals surface area contributed by atoms with Gasteiger partial charge in [-0.25, -0.2) is 4.79 Å². The summed E-state index contributed by atoms with van der Waals surface area (Å²) in [5.41, 5.74) is 3.09. The number of hydrogen-bond donors (Lipinski definition) is 3. The van der Waals surface area contributed by atoms with Gasteiger partial charge in [-0.3, -0.25) is 9.47 Å². The van der Waals surface area contributed by atoms with Gasteiger partial charge in [-0.15, -0.1) is 0 Å². The molecule has 0 radical (unpaired) electrons. The van der Waals surface area contributed by atoms with Crippen molar-refractivity contribution in [3.05, 3.63) is 51.6 Å². The average Bonchev–Trinajstić information content (AvgIpc) is 3.16. The van der Waals surface area contributed by atoms with Crippen LogP contribution in [-0.2, 0) is 13.1 Å². The minimum atomic E-state index is -0.189. The Morgan fingerprint density at radius 1 is 1.25 bits per heavy atom. The van der Waals surface area contributed by atoms with Crippen molar-refractivity contribution in [3.63, 3.8) is 0 Å². The molecule has 0 aliphatic carbocycles. The van der Waals surface area contributed by atoms with E-state index in [9.17, 15) is 4.79 Å². The number of anilines is 1. The summed E-state index contributed by atoms with van der Waals surface area (Å²) in [4.78, 5) is 17.5. The molecule has 0 saturated carbocycles. The first kappa shape index (κ1) is 16.5. The van der Waals surface area contributed by atoms with E-state index in [1.807, 2.05) is 6.07 Å². The van der Waals surface area contributed by atoms with Crippen molar-refractivity contribution >= 4 is 11.5 Å². The Balaban J connectivity index is 1.83. The van der Waals surface area contributed by atoms with E-state index in [-0.39, 0.29) is 5.69 Å². The van der Waals surface area contributed by atoms with Crippen LogP contribution in [0.15, 0.2) is 29.1 Å². The molecular weight excluding hydrogens is 302 g/mol. The van der Waals surface area contributed by atoms with Gasteiger partial charge in [-0.05, 0) is 44.0 Å². The molecule has 2 heterocycles. The number of hydrogen-bond acceptors (Lipinski definition) is 4. The van der Waals surface area contributed by atoms with E-state index in [2.05, 4.69) is 33.4 Å². The van der Waals surface area contributed by atoms with Crippen LogP contribution in [-0.4, -0.2) is 40.3 Å². The summed E-state index contributed by atoms with van der Waals surface area (Å²) >= 11 is 0. The monoisotopic (exact) mass is 327 g/mol. The van der Waals surface area contributed by atoms with Crippen molar-refractivity contribution in [1.82, 2.24) is 14.5 Å². The molecule has 1 fully saturated rings. The molecule has 1 aromatic heterocycles. The SMILES string of the molecule is CNc1c(C(C)=N)[nH]c(=O)n1Cc1cccc(CN2CCCC2)c1. The first-order chi connectivity index (χ1) is 11.6. The van der Waals surface area contributed by atoms with E-state index in [4.69, 9.17) is 5.41 Å². The highest BCUT2D eigenvalue weighted by Crippen LogP contribution is 2.17. The van der Waals surface area contributed by atoms with Crippen LogP contribution in [0.4, 0.5) is 5.82 Å². The summed E-state index contributed by atoms with van der Waals surface area (Å²) in [7, 11) is 1.77. The fourth-order valence-corrected chi connectivity index (χ4v) is 3.36. The number of imidazole rings is 1. The molecule has 1 saturated heterocycles. The number of nitrogens with one attached hydrogen (secondary N) is 3. The lowest BCUT2D eigenvalue weighted by atomic mass is 10.1. The molecule has 3 N–H and O–H groups in total. The molecule has 0 atom stereocenters. The second-order valence-corrected chi connectivity index (χ2v) is 6.42.